The van der Waals surface area contributed by atoms with Crippen molar-refractivity contribution >= 4 is 27.5 Å². The van der Waals surface area contributed by atoms with Crippen LogP contribution in [-0.2, 0) is 10.0 Å². The molecular weight excluding hydrogens is 300 g/mol. The number of nitrogens with one attached hydrogen (secondary N) is 1. The molecule has 5 nitrogen and oxygen atoms in total. The van der Waals surface area contributed by atoms with Gasteiger partial charge in [0.25, 0.3) is 5.91 Å². The standard InChI is InChI=1S/C13H19ClN2O3S/c1-9(2)4-3-5-16-13(17)10-6-11(14)8-12(7-10)20(15,18)19/h6-9H,3-5H2,1-2H3,(H,16,17)(H2,15,18,19). The lowest BCUT2D eigenvalue weighted by Gasteiger charge is -2.08. The number of rotatable bonds is 6. The van der Waals surface area contributed by atoms with Crippen molar-refractivity contribution < 1.29 is 13.2 Å². The average Bonchev–Trinajstić information content (AvgIpc) is 2.32. The number of nitrogens with two attached hydrogens (primary N) is 1. The molecule has 1 aromatic carbocycles. The molecule has 1 amide bonds. The number of hydrogen-bond donors (Lipinski definition) is 2. The summed E-state index contributed by atoms with van der Waals surface area (Å²) >= 11 is 5.80. The fraction of sp³-hybridized carbons (Fsp3) is 0.462. The summed E-state index contributed by atoms with van der Waals surface area (Å²) in [5, 5.41) is 7.91. The fourth-order valence-corrected chi connectivity index (χ4v) is 2.55. The molecule has 0 aliphatic carbocycles. The molecule has 0 aromatic heterocycles. The van der Waals surface area contributed by atoms with E-state index in [4.69, 9.17) is 16.7 Å². The Hall–Kier alpha value is -1.11. The summed E-state index contributed by atoms with van der Waals surface area (Å²) in [5.41, 5.74) is 0.186. The van der Waals surface area contributed by atoms with Crippen LogP contribution in [0.4, 0.5) is 0 Å². The lowest BCUT2D eigenvalue weighted by molar-refractivity contribution is 0.0952. The van der Waals surface area contributed by atoms with Gasteiger partial charge in [-0.1, -0.05) is 25.4 Å². The number of benzene rings is 1. The van der Waals surface area contributed by atoms with E-state index in [1.807, 2.05) is 0 Å². The molecule has 0 spiro atoms. The van der Waals surface area contributed by atoms with E-state index in [9.17, 15) is 13.2 Å². The first kappa shape index (κ1) is 16.9. The molecule has 0 unspecified atom stereocenters. The molecule has 0 saturated carbocycles. The molecule has 0 saturated heterocycles. The first-order chi connectivity index (χ1) is 9.20. The molecule has 112 valence electrons. The highest BCUT2D eigenvalue weighted by molar-refractivity contribution is 7.89. The van der Waals surface area contributed by atoms with Gasteiger partial charge in [-0.25, -0.2) is 13.6 Å². The van der Waals surface area contributed by atoms with Crippen molar-refractivity contribution in [2.75, 3.05) is 6.54 Å². The third-order valence-corrected chi connectivity index (χ3v) is 3.82. The van der Waals surface area contributed by atoms with Crippen molar-refractivity contribution in [2.24, 2.45) is 11.1 Å². The summed E-state index contributed by atoms with van der Waals surface area (Å²) in [6.07, 6.45) is 1.88. The minimum atomic E-state index is -3.88. The van der Waals surface area contributed by atoms with Crippen molar-refractivity contribution in [1.29, 1.82) is 0 Å². The van der Waals surface area contributed by atoms with Crippen LogP contribution in [0.2, 0.25) is 5.02 Å². The first-order valence-corrected chi connectivity index (χ1v) is 8.24. The highest BCUT2D eigenvalue weighted by Gasteiger charge is 2.14. The fourth-order valence-electron chi connectivity index (χ4n) is 1.67. The van der Waals surface area contributed by atoms with Crippen molar-refractivity contribution in [3.8, 4) is 0 Å². The van der Waals surface area contributed by atoms with Gasteiger partial charge in [0.15, 0.2) is 0 Å². The Morgan fingerprint density at radius 2 is 2.00 bits per heavy atom. The Morgan fingerprint density at radius 3 is 2.55 bits per heavy atom. The van der Waals surface area contributed by atoms with Gasteiger partial charge < -0.3 is 5.32 Å². The smallest absolute Gasteiger partial charge is 0.251 e. The van der Waals surface area contributed by atoms with Crippen LogP contribution in [-0.4, -0.2) is 20.9 Å². The highest BCUT2D eigenvalue weighted by atomic mass is 35.5. The summed E-state index contributed by atoms with van der Waals surface area (Å²) in [4.78, 5) is 11.7. The number of carbonyl (C=O) groups is 1. The van der Waals surface area contributed by atoms with Gasteiger partial charge in [0.05, 0.1) is 4.90 Å². The van der Waals surface area contributed by atoms with Crippen LogP contribution in [0.5, 0.6) is 0 Å². The average molecular weight is 319 g/mol. The summed E-state index contributed by atoms with van der Waals surface area (Å²) in [7, 11) is -3.88. The largest absolute Gasteiger partial charge is 0.352 e. The molecule has 0 radical (unpaired) electrons. The van der Waals surface area contributed by atoms with E-state index in [0.717, 1.165) is 12.8 Å². The van der Waals surface area contributed by atoms with Gasteiger partial charge in [-0.2, -0.15) is 0 Å². The van der Waals surface area contributed by atoms with E-state index < -0.39 is 10.0 Å². The van der Waals surface area contributed by atoms with Gasteiger partial charge >= 0.3 is 0 Å². The zero-order valence-electron chi connectivity index (χ0n) is 11.5. The summed E-state index contributed by atoms with van der Waals surface area (Å²) in [6.45, 7) is 4.75. The van der Waals surface area contributed by atoms with Crippen LogP contribution in [0, 0.1) is 5.92 Å². The highest BCUT2D eigenvalue weighted by Crippen LogP contribution is 2.18. The van der Waals surface area contributed by atoms with E-state index in [1.54, 1.807) is 0 Å². The SMILES string of the molecule is CC(C)CCCNC(=O)c1cc(Cl)cc(S(N)(=O)=O)c1. The van der Waals surface area contributed by atoms with E-state index >= 15 is 0 Å². The Labute approximate surface area is 124 Å². The van der Waals surface area contributed by atoms with Gasteiger partial charge in [-0.05, 0) is 37.0 Å². The molecule has 0 fully saturated rings. The second-order valence-corrected chi connectivity index (χ2v) is 7.01. The van der Waals surface area contributed by atoms with Crippen molar-refractivity contribution in [3.05, 3.63) is 28.8 Å². The lowest BCUT2D eigenvalue weighted by Crippen LogP contribution is -2.25. The number of halogens is 1. The maximum Gasteiger partial charge on any atom is 0.251 e. The molecule has 0 aliphatic rings. The number of sulfonamides is 1. The number of primary sulfonamides is 1. The second kappa shape index (κ2) is 7.06. The quantitative estimate of drug-likeness (QED) is 0.788. The second-order valence-electron chi connectivity index (χ2n) is 5.01. The minimum Gasteiger partial charge on any atom is -0.352 e. The maximum atomic E-state index is 11.9. The van der Waals surface area contributed by atoms with Crippen LogP contribution >= 0.6 is 11.6 Å². The van der Waals surface area contributed by atoms with Gasteiger partial charge in [-0.15, -0.1) is 0 Å². The maximum absolute atomic E-state index is 11.9. The van der Waals surface area contributed by atoms with E-state index in [-0.39, 0.29) is 21.4 Å². The van der Waals surface area contributed by atoms with Crippen LogP contribution in [0.3, 0.4) is 0 Å². The Bertz CT molecular complexity index is 585. The summed E-state index contributed by atoms with van der Waals surface area (Å²) < 4.78 is 22.6. The van der Waals surface area contributed by atoms with Gasteiger partial charge in [0.2, 0.25) is 10.0 Å². The van der Waals surface area contributed by atoms with Crippen LogP contribution < -0.4 is 10.5 Å². The molecule has 20 heavy (non-hydrogen) atoms. The Balaban J connectivity index is 2.76. The van der Waals surface area contributed by atoms with E-state index in [0.29, 0.717) is 12.5 Å². The number of amides is 1. The minimum absolute atomic E-state index is 0.156. The topological polar surface area (TPSA) is 89.3 Å². The van der Waals surface area contributed by atoms with Gasteiger partial charge in [0, 0.05) is 17.1 Å². The predicted molar refractivity (Wildman–Crippen MR) is 79.2 cm³/mol. The molecule has 1 rings (SSSR count). The van der Waals surface area contributed by atoms with Crippen molar-refractivity contribution in [1.82, 2.24) is 5.32 Å². The summed E-state index contributed by atoms with van der Waals surface area (Å²) in [6, 6.07) is 3.85. The molecular formula is C13H19ClN2O3S. The first-order valence-electron chi connectivity index (χ1n) is 6.31. The third kappa shape index (κ3) is 5.48. The molecule has 0 atom stereocenters. The van der Waals surface area contributed by atoms with Crippen LogP contribution in [0.25, 0.3) is 0 Å². The van der Waals surface area contributed by atoms with E-state index in [1.165, 1.54) is 18.2 Å². The third-order valence-electron chi connectivity index (χ3n) is 2.71. The van der Waals surface area contributed by atoms with Gasteiger partial charge in [-0.3, -0.25) is 4.79 Å². The molecule has 3 N–H and O–H groups in total. The zero-order valence-corrected chi connectivity index (χ0v) is 13.1. The van der Waals surface area contributed by atoms with E-state index in [2.05, 4.69) is 19.2 Å². The Morgan fingerprint density at radius 1 is 1.35 bits per heavy atom. The normalized spacial score (nSPS) is 11.7. The molecule has 0 aliphatic heterocycles. The number of carbonyl (C=O) groups excluding carboxylic acids is 1. The monoisotopic (exact) mass is 318 g/mol. The summed E-state index contributed by atoms with van der Waals surface area (Å²) in [5.74, 6) is 0.216. The molecule has 7 heteroatoms. The molecule has 1 aromatic rings. The molecule has 0 bridgehead atoms. The van der Waals surface area contributed by atoms with Crippen LogP contribution in [0.1, 0.15) is 37.0 Å². The zero-order chi connectivity index (χ0) is 15.3. The number of hydrogen-bond acceptors (Lipinski definition) is 3. The van der Waals surface area contributed by atoms with Gasteiger partial charge in [0.1, 0.15) is 0 Å². The van der Waals surface area contributed by atoms with Crippen molar-refractivity contribution in [3.63, 3.8) is 0 Å². The molecule has 0 heterocycles. The Kier molecular flexibility index (Phi) is 5.98. The van der Waals surface area contributed by atoms with Crippen molar-refractivity contribution in [2.45, 2.75) is 31.6 Å². The lowest BCUT2D eigenvalue weighted by atomic mass is 10.1. The van der Waals surface area contributed by atoms with Crippen LogP contribution in [0.15, 0.2) is 23.1 Å². The predicted octanol–water partition coefficient (Wildman–Crippen LogP) is 2.15.